The summed E-state index contributed by atoms with van der Waals surface area (Å²) in [7, 11) is 0. The van der Waals surface area contributed by atoms with Crippen LogP contribution in [0.1, 0.15) is 18.5 Å². The third kappa shape index (κ3) is 5.13. The second-order valence-electron chi connectivity index (χ2n) is 5.10. The van der Waals surface area contributed by atoms with Gasteiger partial charge in [-0.15, -0.1) is 0 Å². The molecule has 0 unspecified atom stereocenters. The van der Waals surface area contributed by atoms with Gasteiger partial charge in [0.1, 0.15) is 4.47 Å². The Balaban J connectivity index is 1.68. The molecule has 2 aromatic rings. The fourth-order valence-electron chi connectivity index (χ4n) is 2.01. The van der Waals surface area contributed by atoms with Gasteiger partial charge in [0.25, 0.3) is 0 Å². The van der Waals surface area contributed by atoms with Crippen LogP contribution in [0.3, 0.4) is 0 Å². The zero-order valence-corrected chi connectivity index (χ0v) is 16.1. The fourth-order valence-corrected chi connectivity index (χ4v) is 2.78. The minimum Gasteiger partial charge on any atom is -0.358 e. The van der Waals surface area contributed by atoms with Crippen LogP contribution in [-0.2, 0) is 17.9 Å². The topological polar surface area (TPSA) is 108 Å². The van der Waals surface area contributed by atoms with Crippen molar-refractivity contribution in [1.82, 2.24) is 24.9 Å². The van der Waals surface area contributed by atoms with E-state index in [1.165, 1.54) is 10.9 Å². The Morgan fingerprint density at radius 1 is 1.25 bits per heavy atom. The first-order chi connectivity index (χ1) is 11.4. The maximum atomic E-state index is 11.8. The average molecular weight is 464 g/mol. The predicted octanol–water partition coefficient (Wildman–Crippen LogP) is 2.42. The predicted molar refractivity (Wildman–Crippen MR) is 93.5 cm³/mol. The Morgan fingerprint density at radius 3 is 2.50 bits per heavy atom. The second kappa shape index (κ2) is 8.38. The van der Waals surface area contributed by atoms with Crippen LogP contribution in [0.5, 0.6) is 0 Å². The molecule has 2 heterocycles. The first-order valence-corrected chi connectivity index (χ1v) is 8.79. The number of hydrogen-bond donors (Lipinski definition) is 1. The molecule has 2 rings (SSSR count). The molecule has 0 atom stereocenters. The standard InChI is InChI=1S/C13H16Br2N6O3/c1-9-10(14)7-19(17-9)5-2-4-16-12(22)3-6-20-8-11(15)13(18-20)21(23)24/h7-8H,2-6H2,1H3,(H,16,22). The van der Waals surface area contributed by atoms with Crippen molar-refractivity contribution in [2.24, 2.45) is 0 Å². The molecule has 0 aliphatic rings. The summed E-state index contributed by atoms with van der Waals surface area (Å²) in [5.74, 6) is -0.377. The number of halogens is 2. The molecule has 9 nitrogen and oxygen atoms in total. The molecule has 0 spiro atoms. The maximum absolute atomic E-state index is 11.8. The van der Waals surface area contributed by atoms with Crippen molar-refractivity contribution in [3.63, 3.8) is 0 Å². The van der Waals surface area contributed by atoms with Crippen LogP contribution < -0.4 is 5.32 Å². The third-order valence-electron chi connectivity index (χ3n) is 3.21. The molecule has 1 amide bonds. The van der Waals surface area contributed by atoms with E-state index in [1.54, 1.807) is 0 Å². The maximum Gasteiger partial charge on any atom is 0.404 e. The quantitative estimate of drug-likeness (QED) is 0.367. The number of nitrogens with one attached hydrogen (secondary N) is 1. The number of amides is 1. The Bertz CT molecular complexity index is 723. The number of hydrogen-bond acceptors (Lipinski definition) is 5. The summed E-state index contributed by atoms with van der Waals surface area (Å²) in [5.41, 5.74) is 0.929. The normalized spacial score (nSPS) is 10.8. The molecule has 0 bridgehead atoms. The SMILES string of the molecule is Cc1nn(CCCNC(=O)CCn2cc(Br)c([N+](=O)[O-])n2)cc1Br. The van der Waals surface area contributed by atoms with Crippen molar-refractivity contribution in [1.29, 1.82) is 0 Å². The number of aromatic nitrogens is 4. The van der Waals surface area contributed by atoms with Crippen LogP contribution in [0.25, 0.3) is 0 Å². The highest BCUT2D eigenvalue weighted by atomic mass is 79.9. The summed E-state index contributed by atoms with van der Waals surface area (Å²) in [5, 5.41) is 21.6. The van der Waals surface area contributed by atoms with Crippen molar-refractivity contribution >= 4 is 43.6 Å². The largest absolute Gasteiger partial charge is 0.404 e. The molecular weight excluding hydrogens is 448 g/mol. The van der Waals surface area contributed by atoms with Crippen molar-refractivity contribution in [2.75, 3.05) is 6.54 Å². The van der Waals surface area contributed by atoms with Gasteiger partial charge in [0.2, 0.25) is 5.91 Å². The number of carbonyl (C=O) groups is 1. The monoisotopic (exact) mass is 462 g/mol. The van der Waals surface area contributed by atoms with E-state index in [0.717, 1.165) is 16.6 Å². The van der Waals surface area contributed by atoms with E-state index in [2.05, 4.69) is 47.4 Å². The van der Waals surface area contributed by atoms with Crippen LogP contribution in [-0.4, -0.2) is 36.9 Å². The Hall–Kier alpha value is -1.75. The number of carbonyl (C=O) groups excluding carboxylic acids is 1. The van der Waals surface area contributed by atoms with E-state index in [9.17, 15) is 14.9 Å². The first-order valence-electron chi connectivity index (χ1n) is 7.20. The summed E-state index contributed by atoms with van der Waals surface area (Å²) >= 11 is 6.47. The zero-order valence-electron chi connectivity index (χ0n) is 12.9. The van der Waals surface area contributed by atoms with Gasteiger partial charge in [-0.3, -0.25) is 9.48 Å². The molecule has 0 radical (unpaired) electrons. The summed E-state index contributed by atoms with van der Waals surface area (Å²) in [6.07, 6.45) is 4.36. The van der Waals surface area contributed by atoms with E-state index in [0.29, 0.717) is 17.6 Å². The van der Waals surface area contributed by atoms with Crippen LogP contribution in [0.4, 0.5) is 5.82 Å². The zero-order chi connectivity index (χ0) is 17.7. The molecular formula is C13H16Br2N6O3. The van der Waals surface area contributed by atoms with Crippen LogP contribution >= 0.6 is 31.9 Å². The van der Waals surface area contributed by atoms with E-state index in [-0.39, 0.29) is 24.7 Å². The molecule has 0 aliphatic carbocycles. The van der Waals surface area contributed by atoms with Crippen LogP contribution in [0.15, 0.2) is 21.3 Å². The first kappa shape index (κ1) is 18.6. The lowest BCUT2D eigenvalue weighted by Crippen LogP contribution is -2.26. The van der Waals surface area contributed by atoms with Gasteiger partial charge in [0, 0.05) is 25.7 Å². The molecule has 2 aromatic heterocycles. The van der Waals surface area contributed by atoms with Crippen molar-refractivity contribution in [2.45, 2.75) is 32.9 Å². The van der Waals surface area contributed by atoms with Gasteiger partial charge in [-0.1, -0.05) is 0 Å². The number of nitro groups is 1. The van der Waals surface area contributed by atoms with Crippen molar-refractivity contribution in [3.05, 3.63) is 37.1 Å². The van der Waals surface area contributed by atoms with Crippen LogP contribution in [0, 0.1) is 17.0 Å². The van der Waals surface area contributed by atoms with Crippen molar-refractivity contribution in [3.8, 4) is 0 Å². The fraction of sp³-hybridized carbons (Fsp3) is 0.462. The Labute approximate surface area is 154 Å². The van der Waals surface area contributed by atoms with Crippen molar-refractivity contribution < 1.29 is 9.72 Å². The molecule has 24 heavy (non-hydrogen) atoms. The Morgan fingerprint density at radius 2 is 1.92 bits per heavy atom. The van der Waals surface area contributed by atoms with Gasteiger partial charge in [-0.2, -0.15) is 9.78 Å². The van der Waals surface area contributed by atoms with E-state index in [4.69, 9.17) is 0 Å². The highest BCUT2D eigenvalue weighted by Crippen LogP contribution is 2.22. The van der Waals surface area contributed by atoms with E-state index >= 15 is 0 Å². The molecule has 0 aliphatic heterocycles. The van der Waals surface area contributed by atoms with Crippen LogP contribution in [0.2, 0.25) is 0 Å². The molecule has 1 N–H and O–H groups in total. The van der Waals surface area contributed by atoms with Gasteiger partial charge in [0.15, 0.2) is 0 Å². The molecule has 0 aromatic carbocycles. The minimum absolute atomic E-state index is 0.123. The van der Waals surface area contributed by atoms with Gasteiger partial charge in [-0.05, 0) is 50.1 Å². The second-order valence-corrected chi connectivity index (χ2v) is 6.81. The van der Waals surface area contributed by atoms with E-state index < -0.39 is 4.92 Å². The highest BCUT2D eigenvalue weighted by molar-refractivity contribution is 9.10. The lowest BCUT2D eigenvalue weighted by Gasteiger charge is -2.05. The summed E-state index contributed by atoms with van der Waals surface area (Å²) in [4.78, 5) is 21.9. The summed E-state index contributed by atoms with van der Waals surface area (Å²) in [6, 6.07) is 0. The summed E-state index contributed by atoms with van der Waals surface area (Å²) < 4.78 is 4.47. The molecule has 130 valence electrons. The minimum atomic E-state index is -0.573. The third-order valence-corrected chi connectivity index (χ3v) is 4.55. The highest BCUT2D eigenvalue weighted by Gasteiger charge is 2.18. The Kier molecular flexibility index (Phi) is 6.49. The molecule has 0 saturated carbocycles. The van der Waals surface area contributed by atoms with Gasteiger partial charge < -0.3 is 15.4 Å². The van der Waals surface area contributed by atoms with E-state index in [1.807, 2.05) is 17.8 Å². The van der Waals surface area contributed by atoms with Gasteiger partial charge in [0.05, 0.1) is 28.0 Å². The lowest BCUT2D eigenvalue weighted by atomic mass is 10.3. The average Bonchev–Trinajstić information content (AvgIpc) is 3.04. The van der Waals surface area contributed by atoms with Gasteiger partial charge >= 0.3 is 5.82 Å². The lowest BCUT2D eigenvalue weighted by molar-refractivity contribution is -0.390. The molecule has 0 saturated heterocycles. The smallest absolute Gasteiger partial charge is 0.358 e. The van der Waals surface area contributed by atoms with Gasteiger partial charge in [-0.25, -0.2) is 0 Å². The number of nitrogens with zero attached hydrogens (tertiary/aromatic N) is 5. The molecule has 0 fully saturated rings. The number of aryl methyl sites for hydroxylation is 3. The summed E-state index contributed by atoms with van der Waals surface area (Å²) in [6.45, 7) is 3.45. The number of rotatable bonds is 8. The molecule has 11 heteroatoms.